The number of hydrogen-bond donors (Lipinski definition) is 0. The van der Waals surface area contributed by atoms with Crippen LogP contribution in [-0.2, 0) is 10.8 Å². The van der Waals surface area contributed by atoms with E-state index in [4.69, 9.17) is 0 Å². The molecule has 0 aliphatic rings. The highest BCUT2D eigenvalue weighted by molar-refractivity contribution is 6.22. The summed E-state index contributed by atoms with van der Waals surface area (Å²) in [5.41, 5.74) is 11.6. The third kappa shape index (κ3) is 4.84. The van der Waals surface area contributed by atoms with Gasteiger partial charge in [-0.1, -0.05) is 157 Å². The van der Waals surface area contributed by atoms with Gasteiger partial charge >= 0.3 is 0 Å². The third-order valence-electron chi connectivity index (χ3n) is 9.93. The van der Waals surface area contributed by atoms with E-state index in [9.17, 15) is 0 Å². The normalized spacial score (nSPS) is 12.5. The Morgan fingerprint density at radius 2 is 0.745 bits per heavy atom. The molecule has 0 amide bonds. The molecule has 0 atom stereocenters. The zero-order valence-corrected chi connectivity index (χ0v) is 28.2. The van der Waals surface area contributed by atoms with Crippen LogP contribution in [0.25, 0.3) is 71.3 Å². The Labute approximate surface area is 278 Å². The minimum absolute atomic E-state index is 0.0927. The summed E-state index contributed by atoms with van der Waals surface area (Å²) in [7, 11) is 0. The highest BCUT2D eigenvalue weighted by atomic mass is 15.0. The molecule has 0 aliphatic carbocycles. The van der Waals surface area contributed by atoms with Gasteiger partial charge in [0.1, 0.15) is 0 Å². The molecule has 1 heterocycles. The van der Waals surface area contributed by atoms with Gasteiger partial charge in [0, 0.05) is 16.5 Å². The predicted molar refractivity (Wildman–Crippen MR) is 204 cm³/mol. The molecule has 8 rings (SSSR count). The number of hydrogen-bond acceptors (Lipinski definition) is 0. The first-order valence-electron chi connectivity index (χ1n) is 16.8. The third-order valence-corrected chi connectivity index (χ3v) is 9.93. The molecule has 1 aromatic heterocycles. The number of benzene rings is 7. The molecule has 1 heteroatoms. The van der Waals surface area contributed by atoms with Crippen LogP contribution in [-0.4, -0.2) is 4.57 Å². The molecule has 230 valence electrons. The van der Waals surface area contributed by atoms with Crippen LogP contribution in [0.3, 0.4) is 0 Å². The lowest BCUT2D eigenvalue weighted by Crippen LogP contribution is -2.10. The van der Waals surface area contributed by atoms with Crippen LogP contribution in [0, 0.1) is 0 Å². The summed E-state index contributed by atoms with van der Waals surface area (Å²) in [6.07, 6.45) is 0. The number of nitrogens with zero attached hydrogens (tertiary/aromatic N) is 1. The maximum atomic E-state index is 2.43. The smallest absolute Gasteiger partial charge is 0.0541 e. The van der Waals surface area contributed by atoms with Crippen molar-refractivity contribution in [2.45, 2.75) is 52.4 Å². The highest BCUT2D eigenvalue weighted by Crippen LogP contribution is 2.45. The van der Waals surface area contributed by atoms with Crippen molar-refractivity contribution in [1.29, 1.82) is 0 Å². The van der Waals surface area contributed by atoms with E-state index < -0.39 is 0 Å². The van der Waals surface area contributed by atoms with Gasteiger partial charge in [0.25, 0.3) is 0 Å². The molecule has 0 saturated carbocycles. The minimum Gasteiger partial charge on any atom is -0.309 e. The second kappa shape index (κ2) is 10.7. The van der Waals surface area contributed by atoms with Gasteiger partial charge in [-0.25, -0.2) is 0 Å². The Hall–Kier alpha value is -5.14. The van der Waals surface area contributed by atoms with Crippen molar-refractivity contribution >= 4 is 43.4 Å². The summed E-state index contributed by atoms with van der Waals surface area (Å²) in [4.78, 5) is 0. The Morgan fingerprint density at radius 1 is 0.362 bits per heavy atom. The van der Waals surface area contributed by atoms with Gasteiger partial charge < -0.3 is 4.57 Å². The van der Waals surface area contributed by atoms with Crippen LogP contribution < -0.4 is 0 Å². The van der Waals surface area contributed by atoms with Crippen LogP contribution in [0.5, 0.6) is 0 Å². The van der Waals surface area contributed by atoms with E-state index in [0.717, 1.165) is 0 Å². The van der Waals surface area contributed by atoms with Gasteiger partial charge in [0.05, 0.1) is 11.0 Å². The molecule has 0 aliphatic heterocycles. The van der Waals surface area contributed by atoms with Crippen molar-refractivity contribution in [3.8, 4) is 27.9 Å². The zero-order valence-electron chi connectivity index (χ0n) is 28.2. The Bertz CT molecular complexity index is 2390. The minimum atomic E-state index is 0.0927. The van der Waals surface area contributed by atoms with Crippen molar-refractivity contribution < 1.29 is 0 Å². The molecule has 1 nitrogen and oxygen atoms in total. The second-order valence-electron chi connectivity index (χ2n) is 15.0. The fourth-order valence-electron chi connectivity index (χ4n) is 7.40. The lowest BCUT2D eigenvalue weighted by atomic mass is 9.82. The van der Waals surface area contributed by atoms with Crippen molar-refractivity contribution in [3.63, 3.8) is 0 Å². The topological polar surface area (TPSA) is 4.93 Å². The van der Waals surface area contributed by atoms with Gasteiger partial charge in [-0.05, 0) is 90.0 Å². The Morgan fingerprint density at radius 3 is 1.19 bits per heavy atom. The van der Waals surface area contributed by atoms with Gasteiger partial charge in [-0.2, -0.15) is 0 Å². The fourth-order valence-corrected chi connectivity index (χ4v) is 7.40. The second-order valence-corrected chi connectivity index (χ2v) is 15.0. The maximum absolute atomic E-state index is 2.43. The van der Waals surface area contributed by atoms with Crippen molar-refractivity contribution in [2.75, 3.05) is 0 Å². The molecule has 8 aromatic rings. The number of aromatic nitrogens is 1. The first-order chi connectivity index (χ1) is 22.6. The SMILES string of the molecule is CC(C)(C)c1ccc(-c2c3ccccc3c(-c3ccc(C(C)(C)C)cc3)c3cc(-n4c5ccccc5c5ccccc54)ccc23)cc1. The molecule has 0 N–H and O–H groups in total. The molecule has 0 bridgehead atoms. The van der Waals surface area contributed by atoms with Crippen LogP contribution in [0.2, 0.25) is 0 Å². The number of para-hydroxylation sites is 2. The molecule has 7 aromatic carbocycles. The molecule has 0 saturated heterocycles. The summed E-state index contributed by atoms with van der Waals surface area (Å²) in [5.74, 6) is 0. The highest BCUT2D eigenvalue weighted by Gasteiger charge is 2.21. The molecule has 0 spiro atoms. The van der Waals surface area contributed by atoms with Crippen LogP contribution in [0.4, 0.5) is 0 Å². The van der Waals surface area contributed by atoms with Gasteiger partial charge in [-0.3, -0.25) is 0 Å². The predicted octanol–water partition coefficient (Wildman–Crippen LogP) is 13.0. The average molecular weight is 608 g/mol. The quantitative estimate of drug-likeness (QED) is 0.176. The zero-order chi connectivity index (χ0) is 32.5. The van der Waals surface area contributed by atoms with Crippen LogP contribution >= 0.6 is 0 Å². The van der Waals surface area contributed by atoms with Gasteiger partial charge in [0.15, 0.2) is 0 Å². The van der Waals surface area contributed by atoms with E-state index in [1.807, 2.05) is 0 Å². The fraction of sp³-hybridized carbons (Fsp3) is 0.174. The van der Waals surface area contributed by atoms with Gasteiger partial charge in [-0.15, -0.1) is 0 Å². The molecule has 0 radical (unpaired) electrons. The Kier molecular flexibility index (Phi) is 6.67. The summed E-state index contributed by atoms with van der Waals surface area (Å²) < 4.78 is 2.43. The summed E-state index contributed by atoms with van der Waals surface area (Å²) in [6.45, 7) is 13.7. The molecule has 0 fully saturated rings. The first-order valence-corrected chi connectivity index (χ1v) is 16.8. The lowest BCUT2D eigenvalue weighted by Gasteiger charge is -2.22. The molecule has 0 unspecified atom stereocenters. The summed E-state index contributed by atoms with van der Waals surface area (Å²) in [5, 5.41) is 7.65. The molecule has 47 heavy (non-hydrogen) atoms. The number of rotatable bonds is 3. The maximum Gasteiger partial charge on any atom is 0.0541 e. The molecular weight excluding hydrogens is 567 g/mol. The van der Waals surface area contributed by atoms with E-state index in [2.05, 4.69) is 186 Å². The van der Waals surface area contributed by atoms with E-state index in [1.54, 1.807) is 0 Å². The lowest BCUT2D eigenvalue weighted by molar-refractivity contribution is 0.590. The van der Waals surface area contributed by atoms with Crippen molar-refractivity contribution in [2.24, 2.45) is 0 Å². The summed E-state index contributed by atoms with van der Waals surface area (Å²) >= 11 is 0. The van der Waals surface area contributed by atoms with Gasteiger partial charge in [0.2, 0.25) is 0 Å². The average Bonchev–Trinajstić information content (AvgIpc) is 3.41. The van der Waals surface area contributed by atoms with Crippen molar-refractivity contribution in [3.05, 3.63) is 151 Å². The van der Waals surface area contributed by atoms with Crippen LogP contribution in [0.15, 0.2) is 140 Å². The number of fused-ring (bicyclic) bond motifs is 5. The molecular formula is C46H41N. The monoisotopic (exact) mass is 607 g/mol. The first kappa shape index (κ1) is 29.3. The Balaban J connectivity index is 1.48. The van der Waals surface area contributed by atoms with E-state index >= 15 is 0 Å². The standard InChI is InChI=1S/C46H41N/c1-45(2,3)32-23-19-30(20-24-32)43-37-15-7-8-16-38(37)44(31-21-25-33(26-22-31)46(4,5)6)40-29-34(27-28-39(40)43)47-41-17-11-9-13-35(41)36-14-10-12-18-42(36)47/h7-29H,1-6H3. The van der Waals surface area contributed by atoms with E-state index in [1.165, 1.54) is 82.4 Å². The van der Waals surface area contributed by atoms with E-state index in [0.29, 0.717) is 0 Å². The largest absolute Gasteiger partial charge is 0.309 e. The van der Waals surface area contributed by atoms with E-state index in [-0.39, 0.29) is 10.8 Å². The summed E-state index contributed by atoms with van der Waals surface area (Å²) in [6, 6.07) is 52.2. The van der Waals surface area contributed by atoms with Crippen LogP contribution in [0.1, 0.15) is 52.7 Å². The van der Waals surface area contributed by atoms with Crippen molar-refractivity contribution in [1.82, 2.24) is 4.57 Å².